The van der Waals surface area contributed by atoms with Gasteiger partial charge in [-0.2, -0.15) is 11.8 Å². The SMILES string of the molecule is COc1cc2c(cc1OCc1cc(COc3cc4c(cc3OC)C(=O)N3c5ccccc5C[C@H]3CN4)cc(NC(=O)CCC(C)(C)SSCCCC(=O)NCCN3C(=O)CC(SC)C3=O)c1)N=C[C@@H]1Cc3ccccc3N1C2=O. The molecule has 1 saturated heterocycles. The van der Waals surface area contributed by atoms with Crippen molar-refractivity contribution in [1.82, 2.24) is 10.2 Å². The van der Waals surface area contributed by atoms with Crippen LogP contribution in [0.25, 0.3) is 0 Å². The number of methoxy groups -OCH3 is 2. The Bertz CT molecular complexity index is 3240. The lowest BCUT2D eigenvalue weighted by atomic mass is 10.1. The van der Waals surface area contributed by atoms with Crippen molar-refractivity contribution in [1.29, 1.82) is 0 Å². The van der Waals surface area contributed by atoms with Crippen molar-refractivity contribution in [3.8, 4) is 23.0 Å². The van der Waals surface area contributed by atoms with E-state index in [1.165, 1.54) is 23.8 Å². The van der Waals surface area contributed by atoms with Gasteiger partial charge in [0.05, 0.1) is 54.1 Å². The van der Waals surface area contributed by atoms with Gasteiger partial charge in [-0.05, 0) is 104 Å². The molecule has 17 nitrogen and oxygen atoms in total. The summed E-state index contributed by atoms with van der Waals surface area (Å²) in [7, 11) is 6.39. The first-order chi connectivity index (χ1) is 38.2. The van der Waals surface area contributed by atoms with Gasteiger partial charge in [0.15, 0.2) is 23.0 Å². The zero-order chi connectivity index (χ0) is 55.4. The molecule has 3 atom stereocenters. The minimum absolute atomic E-state index is 0.0421. The minimum Gasteiger partial charge on any atom is -0.493 e. The van der Waals surface area contributed by atoms with Crippen LogP contribution in [0.1, 0.15) is 88.9 Å². The number of imide groups is 1. The molecule has 1 unspecified atom stereocenters. The summed E-state index contributed by atoms with van der Waals surface area (Å²) in [6.45, 7) is 5.27. The molecular formula is C59H63N7O10S3. The molecule has 20 heteroatoms. The highest BCUT2D eigenvalue weighted by Crippen LogP contribution is 2.44. The first-order valence-electron chi connectivity index (χ1n) is 26.4. The number of thioether (sulfide) groups is 1. The molecule has 0 radical (unpaired) electrons. The van der Waals surface area contributed by atoms with Crippen LogP contribution in [0, 0.1) is 0 Å². The van der Waals surface area contributed by atoms with Gasteiger partial charge >= 0.3 is 0 Å². The van der Waals surface area contributed by atoms with E-state index in [2.05, 4.69) is 35.9 Å². The van der Waals surface area contributed by atoms with E-state index in [4.69, 9.17) is 23.9 Å². The van der Waals surface area contributed by atoms with Crippen LogP contribution in [0.2, 0.25) is 0 Å². The Kier molecular flexibility index (Phi) is 16.8. The van der Waals surface area contributed by atoms with Gasteiger partial charge in [0.25, 0.3) is 11.8 Å². The van der Waals surface area contributed by atoms with Gasteiger partial charge in [0, 0.05) is 91.2 Å². The number of para-hydroxylation sites is 2. The maximum Gasteiger partial charge on any atom is 0.261 e. The van der Waals surface area contributed by atoms with Gasteiger partial charge in [0.2, 0.25) is 23.6 Å². The highest BCUT2D eigenvalue weighted by Gasteiger charge is 2.40. The first kappa shape index (κ1) is 55.2. The van der Waals surface area contributed by atoms with Gasteiger partial charge in [-0.15, -0.1) is 0 Å². The number of aliphatic imine (C=N–C) groups is 1. The summed E-state index contributed by atoms with van der Waals surface area (Å²) in [5.41, 5.74) is 7.98. The van der Waals surface area contributed by atoms with E-state index >= 15 is 0 Å². The molecule has 5 aromatic rings. The van der Waals surface area contributed by atoms with E-state index in [1.54, 1.807) is 57.9 Å². The fourth-order valence-electron chi connectivity index (χ4n) is 10.6. The van der Waals surface area contributed by atoms with Crippen molar-refractivity contribution in [2.45, 2.75) is 94.1 Å². The molecule has 1 fully saturated rings. The van der Waals surface area contributed by atoms with Gasteiger partial charge < -0.3 is 39.8 Å². The molecule has 0 bridgehead atoms. The van der Waals surface area contributed by atoms with Crippen LogP contribution in [0.5, 0.6) is 23.0 Å². The number of likely N-dealkylation sites (tertiary alicyclic amines) is 1. The van der Waals surface area contributed by atoms with E-state index in [-0.39, 0.29) is 96.7 Å². The van der Waals surface area contributed by atoms with Crippen LogP contribution < -0.4 is 44.7 Å². The second-order valence-electron chi connectivity index (χ2n) is 20.6. The van der Waals surface area contributed by atoms with Gasteiger partial charge in [-0.3, -0.25) is 43.6 Å². The maximum atomic E-state index is 14.1. The normalized spacial score (nSPS) is 17.9. The number of hydrogen-bond donors (Lipinski definition) is 3. The molecule has 5 aliphatic rings. The molecule has 0 aromatic heterocycles. The number of carbonyl (C=O) groups is 6. The monoisotopic (exact) mass is 1130 g/mol. The number of nitrogens with one attached hydrogen (secondary N) is 3. The minimum atomic E-state index is -0.343. The quantitative estimate of drug-likeness (QED) is 0.0337. The topological polar surface area (TPSA) is 198 Å². The second-order valence-corrected chi connectivity index (χ2v) is 24.7. The molecule has 3 N–H and O–H groups in total. The third-order valence-corrected chi connectivity index (χ3v) is 19.0. The smallest absolute Gasteiger partial charge is 0.261 e. The van der Waals surface area contributed by atoms with Crippen LogP contribution in [0.3, 0.4) is 0 Å². The summed E-state index contributed by atoms with van der Waals surface area (Å²) in [6, 6.07) is 28.2. The predicted octanol–water partition coefficient (Wildman–Crippen LogP) is 9.41. The summed E-state index contributed by atoms with van der Waals surface area (Å²) in [5, 5.41) is 9.09. The number of carbonyl (C=O) groups excluding carboxylic acids is 6. The summed E-state index contributed by atoms with van der Waals surface area (Å²) in [5.74, 6) is 1.32. The lowest BCUT2D eigenvalue weighted by Gasteiger charge is -2.23. The molecule has 0 aliphatic carbocycles. The Labute approximate surface area is 471 Å². The van der Waals surface area contributed by atoms with Crippen LogP contribution in [0.4, 0.5) is 28.4 Å². The van der Waals surface area contributed by atoms with E-state index in [0.717, 1.165) is 40.2 Å². The number of fused-ring (bicyclic) bond motifs is 8. The Morgan fingerprint density at radius 3 is 2.11 bits per heavy atom. The Morgan fingerprint density at radius 2 is 1.42 bits per heavy atom. The fourth-order valence-corrected chi connectivity index (χ4v) is 13.9. The van der Waals surface area contributed by atoms with Gasteiger partial charge in [-0.25, -0.2) is 0 Å². The van der Waals surface area contributed by atoms with E-state index in [0.29, 0.717) is 89.0 Å². The highest BCUT2D eigenvalue weighted by molar-refractivity contribution is 8.77. The lowest BCUT2D eigenvalue weighted by Crippen LogP contribution is -2.39. The largest absolute Gasteiger partial charge is 0.493 e. The molecule has 0 saturated carbocycles. The molecule has 10 rings (SSSR count). The molecule has 5 aliphatic heterocycles. The summed E-state index contributed by atoms with van der Waals surface area (Å²) in [6.07, 6.45) is 7.03. The number of ether oxygens (including phenoxy) is 4. The van der Waals surface area contributed by atoms with Crippen molar-refractivity contribution in [3.05, 3.63) is 124 Å². The maximum absolute atomic E-state index is 14.1. The van der Waals surface area contributed by atoms with Gasteiger partial charge in [0.1, 0.15) is 13.2 Å². The zero-order valence-corrected chi connectivity index (χ0v) is 47.2. The van der Waals surface area contributed by atoms with E-state index in [1.807, 2.05) is 78.0 Å². The molecule has 412 valence electrons. The van der Waals surface area contributed by atoms with Crippen LogP contribution in [-0.2, 0) is 45.2 Å². The highest BCUT2D eigenvalue weighted by atomic mass is 33.1. The fraction of sp³-hybridized carbons (Fsp3) is 0.373. The molecule has 79 heavy (non-hydrogen) atoms. The van der Waals surface area contributed by atoms with Crippen molar-refractivity contribution in [3.63, 3.8) is 0 Å². The van der Waals surface area contributed by atoms with E-state index in [9.17, 15) is 28.8 Å². The first-order valence-corrected chi connectivity index (χ1v) is 30.0. The van der Waals surface area contributed by atoms with Crippen LogP contribution in [-0.4, -0.2) is 115 Å². The third kappa shape index (κ3) is 12.2. The molecular weight excluding hydrogens is 1060 g/mol. The van der Waals surface area contributed by atoms with Crippen molar-refractivity contribution in [2.75, 3.05) is 66.3 Å². The standard InChI is InChI=1S/C59H63N7O10S3/c1-59(2,79-78-20-10-15-53(67)60-18-19-64-55(69)30-52(77-5)58(64)72)17-16-54(68)63-39-22-35(33-75-50-28-44-42(26-48(50)73-3)56(70)65-40(31-61-44)24-37-11-6-8-13-46(37)65)21-36(23-39)34-76-51-29-45-43(27-49(51)74-4)57(71)66-41(32-62-45)25-38-12-7-9-14-47(38)66/h6-9,11-14,21-23,26-29,31,40-41,52,62H,10,15-20,24-25,30,32-34H2,1-5H3,(H,60,67)(H,63,68)/t40-,41-,52?/m0/s1. The number of amides is 6. The summed E-state index contributed by atoms with van der Waals surface area (Å²) in [4.78, 5) is 88.8. The number of rotatable bonds is 22. The average Bonchev–Trinajstić information content (AvgIpc) is 4.07. The lowest BCUT2D eigenvalue weighted by molar-refractivity contribution is -0.138. The zero-order valence-electron chi connectivity index (χ0n) is 44.8. The molecule has 5 aromatic carbocycles. The molecule has 5 heterocycles. The predicted molar refractivity (Wildman–Crippen MR) is 312 cm³/mol. The van der Waals surface area contributed by atoms with Crippen molar-refractivity contribution >= 4 is 103 Å². The Balaban J connectivity index is 0.798. The van der Waals surface area contributed by atoms with Crippen molar-refractivity contribution in [2.24, 2.45) is 4.99 Å². The third-order valence-electron chi connectivity index (χ3n) is 14.6. The Hall–Kier alpha value is -7.16. The summed E-state index contributed by atoms with van der Waals surface area (Å²) >= 11 is 1.37. The molecule has 6 amide bonds. The molecule has 0 spiro atoms. The number of nitrogens with zero attached hydrogens (tertiary/aromatic N) is 4. The van der Waals surface area contributed by atoms with Crippen molar-refractivity contribution < 1.29 is 47.7 Å². The number of benzene rings is 5. The number of hydrogen-bond acceptors (Lipinski definition) is 15. The van der Waals surface area contributed by atoms with E-state index < -0.39 is 0 Å². The second kappa shape index (κ2) is 24.1. The average molecular weight is 1130 g/mol. The van der Waals surface area contributed by atoms with Crippen LogP contribution >= 0.6 is 33.3 Å². The summed E-state index contributed by atoms with van der Waals surface area (Å²) < 4.78 is 24.3. The van der Waals surface area contributed by atoms with Gasteiger partial charge in [-0.1, -0.05) is 58.0 Å². The van der Waals surface area contributed by atoms with Crippen LogP contribution in [0.15, 0.2) is 96.0 Å². The Morgan fingerprint density at radius 1 is 0.759 bits per heavy atom. The number of anilines is 4.